The second-order valence-corrected chi connectivity index (χ2v) is 11.3. The van der Waals surface area contributed by atoms with E-state index < -0.39 is 21.6 Å². The molecule has 1 aliphatic heterocycles. The van der Waals surface area contributed by atoms with Crippen LogP contribution in [0.1, 0.15) is 35.2 Å². The minimum Gasteiger partial charge on any atom is -0.356 e. The molecule has 4 rings (SSSR count). The van der Waals surface area contributed by atoms with Crippen molar-refractivity contribution in [2.24, 2.45) is 0 Å². The number of carbonyl (C=O) groups is 1. The van der Waals surface area contributed by atoms with Crippen LogP contribution in [0.3, 0.4) is 0 Å². The van der Waals surface area contributed by atoms with E-state index in [4.69, 9.17) is 4.78 Å². The van der Waals surface area contributed by atoms with E-state index in [1.165, 1.54) is 23.7 Å². The Hall–Kier alpha value is -2.92. The standard InChI is InChI=1S/C23H25F2N5O2S2/c1-15-18(19-13-33-14-28-19)12-27-21(30-9-4-7-23(24,25)8-10-30)20(15)22(31)29-16-5-3-6-17(11-16)34(2,26)32/h3,5-6,11-14,26H,4,7-10H2,1-2H3,(H,29,31). The lowest BCUT2D eigenvalue weighted by atomic mass is 10.0. The Bertz CT molecular complexity index is 1310. The van der Waals surface area contributed by atoms with Crippen molar-refractivity contribution in [1.29, 1.82) is 4.78 Å². The quantitative estimate of drug-likeness (QED) is 0.482. The van der Waals surface area contributed by atoms with E-state index in [0.29, 0.717) is 46.2 Å². The molecule has 11 heteroatoms. The van der Waals surface area contributed by atoms with E-state index in [9.17, 15) is 17.8 Å². The molecule has 180 valence electrons. The summed E-state index contributed by atoms with van der Waals surface area (Å²) in [6, 6.07) is 6.35. The van der Waals surface area contributed by atoms with Crippen LogP contribution in [0.4, 0.5) is 20.3 Å². The predicted molar refractivity (Wildman–Crippen MR) is 131 cm³/mol. The molecule has 1 saturated heterocycles. The Kier molecular flexibility index (Phi) is 6.68. The maximum atomic E-state index is 14.0. The zero-order valence-corrected chi connectivity index (χ0v) is 20.4. The van der Waals surface area contributed by atoms with Gasteiger partial charge in [0.2, 0.25) is 5.92 Å². The highest BCUT2D eigenvalue weighted by Gasteiger charge is 2.33. The van der Waals surface area contributed by atoms with Crippen LogP contribution in [0.2, 0.25) is 0 Å². The van der Waals surface area contributed by atoms with E-state index in [0.717, 1.165) is 0 Å². The third-order valence-corrected chi connectivity index (χ3v) is 7.55. The summed E-state index contributed by atoms with van der Waals surface area (Å²) in [5, 5.41) is 4.67. The van der Waals surface area contributed by atoms with Crippen LogP contribution < -0.4 is 10.2 Å². The van der Waals surface area contributed by atoms with E-state index >= 15 is 0 Å². The third kappa shape index (κ3) is 5.25. The largest absolute Gasteiger partial charge is 0.356 e. The fourth-order valence-corrected chi connectivity index (χ4v) is 5.23. The van der Waals surface area contributed by atoms with Gasteiger partial charge in [0, 0.05) is 59.9 Å². The van der Waals surface area contributed by atoms with Gasteiger partial charge in [0.1, 0.15) is 5.82 Å². The van der Waals surface area contributed by atoms with E-state index in [2.05, 4.69) is 15.3 Å². The highest BCUT2D eigenvalue weighted by Crippen LogP contribution is 2.34. The number of thiazole rings is 1. The number of aromatic nitrogens is 2. The number of pyridine rings is 1. The molecule has 2 N–H and O–H groups in total. The molecule has 1 amide bonds. The molecule has 3 aromatic rings. The molecule has 1 unspecified atom stereocenters. The molecule has 1 atom stereocenters. The topological polar surface area (TPSA) is 99.0 Å². The van der Waals surface area contributed by atoms with Gasteiger partial charge in [-0.2, -0.15) is 0 Å². The summed E-state index contributed by atoms with van der Waals surface area (Å²) in [6.07, 6.45) is 2.73. The van der Waals surface area contributed by atoms with Gasteiger partial charge < -0.3 is 10.2 Å². The Balaban J connectivity index is 1.75. The van der Waals surface area contributed by atoms with Crippen LogP contribution in [0.5, 0.6) is 0 Å². The van der Waals surface area contributed by atoms with Gasteiger partial charge in [-0.3, -0.25) is 4.79 Å². The van der Waals surface area contributed by atoms with Crippen LogP contribution in [0.25, 0.3) is 11.3 Å². The second kappa shape index (κ2) is 9.38. The number of nitrogens with zero attached hydrogens (tertiary/aromatic N) is 3. The average Bonchev–Trinajstić information content (AvgIpc) is 3.23. The molecule has 1 aliphatic rings. The first-order chi connectivity index (χ1) is 16.0. The van der Waals surface area contributed by atoms with Crippen molar-refractivity contribution in [1.82, 2.24) is 9.97 Å². The van der Waals surface area contributed by atoms with E-state index in [1.807, 2.05) is 5.38 Å². The van der Waals surface area contributed by atoms with Gasteiger partial charge >= 0.3 is 0 Å². The smallest absolute Gasteiger partial charge is 0.259 e. The van der Waals surface area contributed by atoms with Gasteiger partial charge in [-0.15, -0.1) is 11.3 Å². The highest BCUT2D eigenvalue weighted by molar-refractivity contribution is 7.91. The summed E-state index contributed by atoms with van der Waals surface area (Å²) in [5.41, 5.74) is 4.36. The van der Waals surface area contributed by atoms with Crippen LogP contribution in [-0.2, 0) is 9.73 Å². The number of anilines is 2. The van der Waals surface area contributed by atoms with Crippen LogP contribution in [0.15, 0.2) is 46.2 Å². The lowest BCUT2D eigenvalue weighted by Gasteiger charge is -2.25. The van der Waals surface area contributed by atoms with Crippen LogP contribution in [-0.4, -0.2) is 45.4 Å². The SMILES string of the molecule is Cc1c(-c2cscn2)cnc(N2CCCC(F)(F)CC2)c1C(=O)Nc1cccc(S(C)(=N)=O)c1. The van der Waals surface area contributed by atoms with E-state index in [-0.39, 0.29) is 24.9 Å². The maximum Gasteiger partial charge on any atom is 0.259 e. The van der Waals surface area contributed by atoms with Gasteiger partial charge in [-0.25, -0.2) is 27.7 Å². The van der Waals surface area contributed by atoms with Crippen molar-refractivity contribution in [3.63, 3.8) is 0 Å². The lowest BCUT2D eigenvalue weighted by Crippen LogP contribution is -2.30. The van der Waals surface area contributed by atoms with Gasteiger partial charge in [0.25, 0.3) is 5.91 Å². The van der Waals surface area contributed by atoms with Crippen molar-refractivity contribution in [3.05, 3.63) is 52.5 Å². The number of carbonyl (C=O) groups excluding carboxylic acids is 1. The molecule has 0 aliphatic carbocycles. The molecule has 1 aromatic carbocycles. The van der Waals surface area contributed by atoms with Crippen molar-refractivity contribution >= 4 is 38.5 Å². The Morgan fingerprint density at radius 2 is 2.06 bits per heavy atom. The second-order valence-electron chi connectivity index (χ2n) is 8.39. The summed E-state index contributed by atoms with van der Waals surface area (Å²) in [5.74, 6) is -2.85. The zero-order chi connectivity index (χ0) is 24.5. The summed E-state index contributed by atoms with van der Waals surface area (Å²) >= 11 is 1.42. The fourth-order valence-electron chi connectivity index (χ4n) is 3.99. The molecule has 0 bridgehead atoms. The van der Waals surface area contributed by atoms with Crippen molar-refractivity contribution in [2.45, 2.75) is 37.0 Å². The van der Waals surface area contributed by atoms with Gasteiger partial charge in [-0.05, 0) is 37.1 Å². The molecule has 0 spiro atoms. The highest BCUT2D eigenvalue weighted by atomic mass is 32.2. The summed E-state index contributed by atoms with van der Waals surface area (Å²) in [7, 11) is -2.96. The lowest BCUT2D eigenvalue weighted by molar-refractivity contribution is -0.0102. The Morgan fingerprint density at radius 1 is 1.26 bits per heavy atom. The summed E-state index contributed by atoms with van der Waals surface area (Å²) in [6.45, 7) is 2.24. The maximum absolute atomic E-state index is 14.0. The number of alkyl halides is 2. The minimum atomic E-state index is -2.96. The monoisotopic (exact) mass is 505 g/mol. The van der Waals surface area contributed by atoms with Gasteiger partial charge in [0.05, 0.1) is 26.5 Å². The number of amides is 1. The van der Waals surface area contributed by atoms with Crippen molar-refractivity contribution < 1.29 is 17.8 Å². The molecular formula is C23H25F2N5O2S2. The zero-order valence-electron chi connectivity index (χ0n) is 18.8. The Morgan fingerprint density at radius 3 is 2.76 bits per heavy atom. The van der Waals surface area contributed by atoms with Crippen LogP contribution in [0, 0.1) is 11.7 Å². The molecule has 3 heterocycles. The first kappa shape index (κ1) is 24.2. The predicted octanol–water partition coefficient (Wildman–Crippen LogP) is 5.43. The molecule has 7 nitrogen and oxygen atoms in total. The van der Waals surface area contributed by atoms with Crippen molar-refractivity contribution in [2.75, 3.05) is 29.6 Å². The molecule has 0 radical (unpaired) electrons. The van der Waals surface area contributed by atoms with Crippen molar-refractivity contribution in [3.8, 4) is 11.3 Å². The summed E-state index contributed by atoms with van der Waals surface area (Å²) in [4.78, 5) is 24.4. The number of rotatable bonds is 5. The first-order valence-electron chi connectivity index (χ1n) is 10.7. The molecule has 34 heavy (non-hydrogen) atoms. The third-order valence-electron chi connectivity index (χ3n) is 5.81. The van der Waals surface area contributed by atoms with Gasteiger partial charge in [0.15, 0.2) is 0 Å². The molecule has 1 fully saturated rings. The molecule has 0 saturated carbocycles. The first-order valence-corrected chi connectivity index (χ1v) is 13.6. The number of hydrogen-bond acceptors (Lipinski definition) is 7. The summed E-state index contributed by atoms with van der Waals surface area (Å²) < 4.78 is 47.9. The van der Waals surface area contributed by atoms with Gasteiger partial charge in [-0.1, -0.05) is 6.07 Å². The number of benzene rings is 1. The minimum absolute atomic E-state index is 0.0853. The molecular weight excluding hydrogens is 480 g/mol. The number of nitrogens with one attached hydrogen (secondary N) is 2. The molecule has 2 aromatic heterocycles. The average molecular weight is 506 g/mol. The number of hydrogen-bond donors (Lipinski definition) is 2. The number of halogens is 2. The fraction of sp³-hybridized carbons (Fsp3) is 0.348. The van der Waals surface area contributed by atoms with E-state index in [1.54, 1.807) is 41.7 Å². The Labute approximate surface area is 201 Å². The normalized spacial score (nSPS) is 17.6. The van der Waals surface area contributed by atoms with Crippen LogP contribution >= 0.6 is 11.3 Å².